The number of rotatable bonds is 5. The van der Waals surface area contributed by atoms with Crippen LogP contribution in [0.5, 0.6) is 0 Å². The van der Waals surface area contributed by atoms with Crippen LogP contribution in [0.4, 0.5) is 4.39 Å². The molecule has 5 aromatic rings. The lowest BCUT2D eigenvalue weighted by Gasteiger charge is -2.32. The lowest BCUT2D eigenvalue weighted by molar-refractivity contribution is 0.0395. The maximum atomic E-state index is 15.5. The minimum absolute atomic E-state index is 0.0504. The average Bonchev–Trinajstić information content (AvgIpc) is 3.52. The van der Waals surface area contributed by atoms with Crippen molar-refractivity contribution in [1.82, 2.24) is 39.3 Å². The third kappa shape index (κ3) is 3.80. The first-order chi connectivity index (χ1) is 18.2. The first-order valence-electron chi connectivity index (χ1n) is 12.8. The Kier molecular flexibility index (Phi) is 5.80. The molecule has 1 unspecified atom stereocenters. The Labute approximate surface area is 219 Å². The highest BCUT2D eigenvalue weighted by molar-refractivity contribution is 6.06. The van der Waals surface area contributed by atoms with Gasteiger partial charge < -0.3 is 14.4 Å². The monoisotopic (exact) mass is 518 g/mol. The van der Waals surface area contributed by atoms with E-state index in [1.165, 1.54) is 6.07 Å². The van der Waals surface area contributed by atoms with E-state index in [-0.39, 0.29) is 11.7 Å². The molecule has 0 bridgehead atoms. The van der Waals surface area contributed by atoms with Crippen LogP contribution in [0.25, 0.3) is 33.3 Å². The third-order valence-corrected chi connectivity index (χ3v) is 7.45. The SMILES string of the molecule is Cc1nnn(C)c1-c1cnc2c3c(c(C(C)(C)O)nn3C)n([C@H](c3ncccc3F)C3CCCOC3)c2c1. The van der Waals surface area contributed by atoms with Gasteiger partial charge in [0.2, 0.25) is 0 Å². The molecule has 2 atom stereocenters. The molecule has 1 saturated heterocycles. The summed E-state index contributed by atoms with van der Waals surface area (Å²) in [6, 6.07) is 4.57. The van der Waals surface area contributed by atoms with Gasteiger partial charge in [-0.05, 0) is 51.8 Å². The van der Waals surface area contributed by atoms with Crippen LogP contribution in [-0.4, -0.2) is 57.6 Å². The van der Waals surface area contributed by atoms with E-state index in [9.17, 15) is 5.11 Å². The molecule has 1 N–H and O–H groups in total. The fourth-order valence-electron chi connectivity index (χ4n) is 5.82. The summed E-state index contributed by atoms with van der Waals surface area (Å²) in [6.45, 7) is 6.47. The molecule has 0 spiro atoms. The predicted octanol–water partition coefficient (Wildman–Crippen LogP) is 3.80. The molecule has 0 radical (unpaired) electrons. The molecule has 198 valence electrons. The van der Waals surface area contributed by atoms with Gasteiger partial charge in [0.25, 0.3) is 0 Å². The van der Waals surface area contributed by atoms with Gasteiger partial charge in [0.1, 0.15) is 28.1 Å². The van der Waals surface area contributed by atoms with Gasteiger partial charge in [0.05, 0.1) is 40.8 Å². The smallest absolute Gasteiger partial charge is 0.146 e. The van der Waals surface area contributed by atoms with Crippen LogP contribution in [0, 0.1) is 18.7 Å². The standard InChI is InChI=1S/C27H31FN8O2/c1-15-22(35(5)33-31-15)17-12-19-21(30-13-17)24-25(26(27(2,3)37)32-34(24)4)36(19)23(16-8-7-11-38-14-16)20-18(28)9-6-10-29-20/h6,9-10,12-13,16,23,37H,7-8,11,14H2,1-5H3/t16?,23-/m0/s1. The maximum Gasteiger partial charge on any atom is 0.146 e. The van der Waals surface area contributed by atoms with Crippen LogP contribution in [0.1, 0.15) is 49.8 Å². The van der Waals surface area contributed by atoms with Crippen LogP contribution in [-0.2, 0) is 24.4 Å². The van der Waals surface area contributed by atoms with Crippen LogP contribution in [0.2, 0.25) is 0 Å². The summed E-state index contributed by atoms with van der Waals surface area (Å²) in [6.07, 6.45) is 5.13. The zero-order chi connectivity index (χ0) is 26.8. The van der Waals surface area contributed by atoms with Crippen LogP contribution < -0.4 is 0 Å². The maximum absolute atomic E-state index is 15.5. The number of ether oxygens (including phenoxy) is 1. The number of aryl methyl sites for hydroxylation is 3. The number of halogens is 1. The van der Waals surface area contributed by atoms with E-state index in [1.807, 2.05) is 27.1 Å². The van der Waals surface area contributed by atoms with E-state index in [2.05, 4.69) is 19.9 Å². The minimum atomic E-state index is -1.26. The summed E-state index contributed by atoms with van der Waals surface area (Å²) in [5, 5.41) is 24.3. The van der Waals surface area contributed by atoms with E-state index in [0.29, 0.717) is 35.6 Å². The quantitative estimate of drug-likeness (QED) is 0.377. The van der Waals surface area contributed by atoms with Gasteiger partial charge in [0, 0.05) is 44.6 Å². The van der Waals surface area contributed by atoms with Gasteiger partial charge in [-0.25, -0.2) is 9.07 Å². The van der Waals surface area contributed by atoms with Gasteiger partial charge in [0.15, 0.2) is 0 Å². The van der Waals surface area contributed by atoms with Gasteiger partial charge in [-0.15, -0.1) is 5.10 Å². The summed E-state index contributed by atoms with van der Waals surface area (Å²) < 4.78 is 26.9. The Hall–Kier alpha value is -3.70. The van der Waals surface area contributed by atoms with E-state index >= 15 is 4.39 Å². The van der Waals surface area contributed by atoms with Crippen molar-refractivity contribution < 1.29 is 14.2 Å². The van der Waals surface area contributed by atoms with Crippen molar-refractivity contribution >= 4 is 22.1 Å². The Morgan fingerprint density at radius 1 is 1.18 bits per heavy atom. The Bertz CT molecular complexity index is 1640. The number of fused-ring (bicyclic) bond motifs is 3. The summed E-state index contributed by atoms with van der Waals surface area (Å²) in [7, 11) is 3.68. The number of aliphatic hydroxyl groups is 1. The molecule has 6 heterocycles. The fraction of sp³-hybridized carbons (Fsp3) is 0.444. The van der Waals surface area contributed by atoms with E-state index in [0.717, 1.165) is 40.8 Å². The molecule has 38 heavy (non-hydrogen) atoms. The summed E-state index contributed by atoms with van der Waals surface area (Å²) in [5.41, 5.74) is 5.00. The van der Waals surface area contributed by atoms with Crippen molar-refractivity contribution in [3.63, 3.8) is 0 Å². The topological polar surface area (TPSA) is 109 Å². The minimum Gasteiger partial charge on any atom is -0.384 e. The number of pyridine rings is 2. The molecule has 0 aliphatic carbocycles. The first-order valence-corrected chi connectivity index (χ1v) is 12.8. The molecule has 11 heteroatoms. The predicted molar refractivity (Wildman–Crippen MR) is 140 cm³/mol. The molecule has 1 aliphatic rings. The Morgan fingerprint density at radius 3 is 2.66 bits per heavy atom. The van der Waals surface area contributed by atoms with Crippen LogP contribution >= 0.6 is 0 Å². The van der Waals surface area contributed by atoms with Crippen molar-refractivity contribution in [1.29, 1.82) is 0 Å². The molecule has 10 nitrogen and oxygen atoms in total. The van der Waals surface area contributed by atoms with Crippen molar-refractivity contribution in [2.45, 2.75) is 45.3 Å². The zero-order valence-electron chi connectivity index (χ0n) is 22.2. The van der Waals surface area contributed by atoms with E-state index < -0.39 is 11.6 Å². The van der Waals surface area contributed by atoms with Crippen LogP contribution in [0.15, 0.2) is 30.6 Å². The van der Waals surface area contributed by atoms with E-state index in [1.54, 1.807) is 41.7 Å². The Morgan fingerprint density at radius 2 is 2.00 bits per heavy atom. The van der Waals surface area contributed by atoms with E-state index in [4.69, 9.17) is 14.8 Å². The zero-order valence-corrected chi connectivity index (χ0v) is 22.2. The van der Waals surface area contributed by atoms with Crippen molar-refractivity contribution in [2.75, 3.05) is 13.2 Å². The van der Waals surface area contributed by atoms with Gasteiger partial charge in [-0.1, -0.05) is 5.21 Å². The number of hydrogen-bond donors (Lipinski definition) is 1. The molecule has 1 aliphatic heterocycles. The number of hydrogen-bond acceptors (Lipinski definition) is 7. The third-order valence-electron chi connectivity index (χ3n) is 7.45. The van der Waals surface area contributed by atoms with Crippen molar-refractivity contribution in [2.24, 2.45) is 20.0 Å². The van der Waals surface area contributed by atoms with Crippen molar-refractivity contribution in [3.05, 3.63) is 53.5 Å². The van der Waals surface area contributed by atoms with Gasteiger partial charge in [-0.2, -0.15) is 5.10 Å². The molecule has 0 saturated carbocycles. The molecular formula is C27H31FN8O2. The molecule has 0 amide bonds. The van der Waals surface area contributed by atoms with Gasteiger partial charge in [-0.3, -0.25) is 14.6 Å². The number of aromatic nitrogens is 8. The molecular weight excluding hydrogens is 487 g/mol. The largest absolute Gasteiger partial charge is 0.384 e. The molecule has 6 rings (SSSR count). The molecule has 5 aromatic heterocycles. The second kappa shape index (κ2) is 8.95. The molecule has 0 aromatic carbocycles. The highest BCUT2D eigenvalue weighted by Crippen LogP contribution is 2.43. The highest BCUT2D eigenvalue weighted by Gasteiger charge is 2.37. The summed E-state index contributed by atoms with van der Waals surface area (Å²) in [4.78, 5) is 9.43. The molecule has 1 fully saturated rings. The lowest BCUT2D eigenvalue weighted by Crippen LogP contribution is -2.30. The van der Waals surface area contributed by atoms with Crippen LogP contribution in [0.3, 0.4) is 0 Å². The highest BCUT2D eigenvalue weighted by atomic mass is 19.1. The average molecular weight is 519 g/mol. The lowest BCUT2D eigenvalue weighted by atomic mass is 9.90. The van der Waals surface area contributed by atoms with Gasteiger partial charge >= 0.3 is 0 Å². The number of nitrogens with zero attached hydrogens (tertiary/aromatic N) is 8. The summed E-state index contributed by atoms with van der Waals surface area (Å²) >= 11 is 0. The summed E-state index contributed by atoms with van der Waals surface area (Å²) in [5.74, 6) is -0.437. The Balaban J connectivity index is 1.75. The second-order valence-corrected chi connectivity index (χ2v) is 10.6. The fourth-order valence-corrected chi connectivity index (χ4v) is 5.82. The van der Waals surface area contributed by atoms with Crippen molar-refractivity contribution in [3.8, 4) is 11.3 Å². The first kappa shape index (κ1) is 24.6. The second-order valence-electron chi connectivity index (χ2n) is 10.6. The normalized spacial score (nSPS) is 17.5.